The third-order valence-electron chi connectivity index (χ3n) is 7.54. The van der Waals surface area contributed by atoms with Crippen molar-refractivity contribution in [1.82, 2.24) is 0 Å². The molecule has 2 aromatic rings. The summed E-state index contributed by atoms with van der Waals surface area (Å²) in [4.78, 5) is 24.0. The average molecular weight is 735 g/mol. The summed E-state index contributed by atoms with van der Waals surface area (Å²) in [5.74, 6) is 4.86. The van der Waals surface area contributed by atoms with E-state index >= 15 is 0 Å². The van der Waals surface area contributed by atoms with E-state index in [4.69, 9.17) is 28.4 Å². The summed E-state index contributed by atoms with van der Waals surface area (Å²) in [6, 6.07) is 8.35. The highest BCUT2D eigenvalue weighted by atomic mass is 32.2. The van der Waals surface area contributed by atoms with E-state index in [9.17, 15) is 9.59 Å². The smallest absolute Gasteiger partial charge is 0.330 e. The van der Waals surface area contributed by atoms with Crippen molar-refractivity contribution in [3.05, 3.63) is 71.8 Å². The van der Waals surface area contributed by atoms with Gasteiger partial charge in [-0.3, -0.25) is 0 Å². The number of esters is 2. The van der Waals surface area contributed by atoms with Gasteiger partial charge in [-0.2, -0.15) is 0 Å². The number of hydrogen-bond acceptors (Lipinski definition) is 12. The maximum absolute atomic E-state index is 12.0. The van der Waals surface area contributed by atoms with Gasteiger partial charge in [-0.1, -0.05) is 13.2 Å². The van der Waals surface area contributed by atoms with Crippen molar-refractivity contribution in [3.8, 4) is 22.6 Å². The predicted octanol–water partition coefficient (Wildman–Crippen LogP) is 7.53. The van der Waals surface area contributed by atoms with Crippen LogP contribution < -0.4 is 9.47 Å². The largest absolute Gasteiger partial charge is 0.489 e. The van der Waals surface area contributed by atoms with Crippen LogP contribution in [0.3, 0.4) is 0 Å². The van der Waals surface area contributed by atoms with E-state index in [-0.39, 0.29) is 13.2 Å². The molecule has 0 radical (unpaired) electrons. The number of hydrogen-bond donors (Lipinski definition) is 0. The van der Waals surface area contributed by atoms with Crippen LogP contribution in [-0.4, -0.2) is 89.0 Å². The maximum atomic E-state index is 12.0. The normalized spacial score (nSPS) is 17.0. The lowest BCUT2D eigenvalue weighted by Crippen LogP contribution is -2.37. The molecule has 0 aliphatic carbocycles. The van der Waals surface area contributed by atoms with Crippen LogP contribution in [0.2, 0.25) is 0 Å². The van der Waals surface area contributed by atoms with Gasteiger partial charge in [0.05, 0.1) is 29.0 Å². The molecule has 0 bridgehead atoms. The molecule has 2 aliphatic rings. The van der Waals surface area contributed by atoms with Crippen LogP contribution in [0.15, 0.2) is 49.6 Å². The lowest BCUT2D eigenvalue weighted by molar-refractivity contribution is -0.173. The van der Waals surface area contributed by atoms with Gasteiger partial charge in [-0.05, 0) is 92.3 Å². The fourth-order valence-corrected chi connectivity index (χ4v) is 10.5. The van der Waals surface area contributed by atoms with Crippen LogP contribution in [0.4, 0.5) is 0 Å². The zero-order valence-electron chi connectivity index (χ0n) is 28.3. The molecule has 12 heteroatoms. The van der Waals surface area contributed by atoms with Gasteiger partial charge >= 0.3 is 11.9 Å². The highest BCUT2D eigenvalue weighted by Crippen LogP contribution is 2.36. The number of benzene rings is 2. The van der Waals surface area contributed by atoms with Gasteiger partial charge in [0.2, 0.25) is 6.29 Å². The van der Waals surface area contributed by atoms with Gasteiger partial charge in [-0.15, -0.1) is 47.0 Å². The van der Waals surface area contributed by atoms with Gasteiger partial charge in [0.1, 0.15) is 18.1 Å². The zero-order chi connectivity index (χ0) is 34.6. The Labute approximate surface area is 301 Å². The Morgan fingerprint density at radius 3 is 1.75 bits per heavy atom. The lowest BCUT2D eigenvalue weighted by atomic mass is 9.96. The molecule has 0 N–H and O–H groups in total. The first-order valence-corrected chi connectivity index (χ1v) is 20.1. The van der Waals surface area contributed by atoms with Gasteiger partial charge < -0.3 is 28.4 Å². The first-order valence-electron chi connectivity index (χ1n) is 15.9. The SMILES string of the molecule is C=CC(=O)OC(COCC1SCCS1)COc1c(C)cc(-c2cc(C)c(OC(OCC3SCCS3)C(C)OC(=O)C=C)c(C)c2)cc1C. The van der Waals surface area contributed by atoms with Crippen molar-refractivity contribution >= 4 is 59.0 Å². The second-order valence-corrected chi connectivity index (χ2v) is 17.3. The van der Waals surface area contributed by atoms with Crippen molar-refractivity contribution in [2.45, 2.75) is 62.3 Å². The van der Waals surface area contributed by atoms with E-state index in [1.54, 1.807) is 6.92 Å². The molecule has 3 atom stereocenters. The fraction of sp³-hybridized carbons (Fsp3) is 0.500. The van der Waals surface area contributed by atoms with Crippen LogP contribution in [0.5, 0.6) is 11.5 Å². The molecule has 262 valence electrons. The van der Waals surface area contributed by atoms with Gasteiger partial charge in [-0.25, -0.2) is 9.59 Å². The quantitative estimate of drug-likeness (QED) is 0.0862. The molecule has 2 heterocycles. The molecule has 3 unspecified atom stereocenters. The van der Waals surface area contributed by atoms with Crippen molar-refractivity contribution in [2.24, 2.45) is 0 Å². The second kappa shape index (κ2) is 19.2. The minimum absolute atomic E-state index is 0.164. The van der Waals surface area contributed by atoms with E-state index in [2.05, 4.69) is 37.4 Å². The third kappa shape index (κ3) is 11.4. The summed E-state index contributed by atoms with van der Waals surface area (Å²) in [6.45, 7) is 18.3. The fourth-order valence-electron chi connectivity index (χ4n) is 5.30. The predicted molar refractivity (Wildman–Crippen MR) is 201 cm³/mol. The summed E-state index contributed by atoms with van der Waals surface area (Å²) in [7, 11) is 0. The average Bonchev–Trinajstić information content (AvgIpc) is 3.78. The number of carbonyl (C=O) groups is 2. The molecule has 2 aliphatic heterocycles. The summed E-state index contributed by atoms with van der Waals surface area (Å²) < 4.78 is 36.5. The first-order chi connectivity index (χ1) is 23.1. The minimum Gasteiger partial charge on any atom is -0.489 e. The lowest BCUT2D eigenvalue weighted by Gasteiger charge is -2.27. The Hall–Kier alpha value is -2.22. The number of ether oxygens (including phenoxy) is 6. The van der Waals surface area contributed by atoms with Gasteiger partial charge in [0, 0.05) is 35.2 Å². The summed E-state index contributed by atoms with van der Waals surface area (Å²) in [5.41, 5.74) is 5.86. The van der Waals surface area contributed by atoms with E-state index < -0.39 is 30.4 Å². The second-order valence-electron chi connectivity index (χ2n) is 11.5. The highest BCUT2D eigenvalue weighted by molar-refractivity contribution is 8.20. The monoisotopic (exact) mass is 734 g/mol. The van der Waals surface area contributed by atoms with Crippen LogP contribution >= 0.6 is 47.0 Å². The van der Waals surface area contributed by atoms with E-state index in [0.29, 0.717) is 28.1 Å². The molecule has 48 heavy (non-hydrogen) atoms. The molecule has 4 rings (SSSR count). The molecule has 0 aromatic heterocycles. The Kier molecular flexibility index (Phi) is 15.5. The molecular weight excluding hydrogens is 689 g/mol. The summed E-state index contributed by atoms with van der Waals surface area (Å²) in [6.07, 6.45) is 0.319. The Morgan fingerprint density at radius 1 is 0.750 bits per heavy atom. The minimum atomic E-state index is -0.777. The van der Waals surface area contributed by atoms with Crippen LogP contribution in [0.1, 0.15) is 29.2 Å². The van der Waals surface area contributed by atoms with E-state index in [0.717, 1.165) is 74.3 Å². The molecule has 0 saturated carbocycles. The van der Waals surface area contributed by atoms with Crippen molar-refractivity contribution in [1.29, 1.82) is 0 Å². The molecule has 8 nitrogen and oxygen atoms in total. The van der Waals surface area contributed by atoms with E-state index in [1.807, 2.05) is 74.7 Å². The van der Waals surface area contributed by atoms with Crippen molar-refractivity contribution in [2.75, 3.05) is 49.4 Å². The standard InChI is InChI=1S/C36H46O8S4/c1-8-30(37)42-26(7)36(41-21-33-47-12-13-48-33)44-35-24(5)16-28(17-25(35)6)27-14-22(3)34(23(4)15-27)40-19-29(43-31(38)9-2)18-39-20-32-45-10-11-46-32/h8-9,14-17,26,29,32-33,36H,1-2,10-13,18-21H2,3-7H3. The number of thioether (sulfide) groups is 4. The van der Waals surface area contributed by atoms with Crippen molar-refractivity contribution < 1.29 is 38.0 Å². The highest BCUT2D eigenvalue weighted by Gasteiger charge is 2.28. The topological polar surface area (TPSA) is 89.5 Å². The number of rotatable bonds is 18. The molecular formula is C36H46O8S4. The molecule has 2 fully saturated rings. The first kappa shape index (κ1) is 38.6. The Bertz CT molecular complexity index is 1370. The Morgan fingerprint density at radius 2 is 1.23 bits per heavy atom. The zero-order valence-corrected chi connectivity index (χ0v) is 31.6. The van der Waals surface area contributed by atoms with Gasteiger partial charge in [0.25, 0.3) is 0 Å². The number of aryl methyl sites for hydroxylation is 4. The van der Waals surface area contributed by atoms with E-state index in [1.165, 1.54) is 0 Å². The summed E-state index contributed by atoms with van der Waals surface area (Å²) in [5, 5.41) is 0. The van der Waals surface area contributed by atoms with Crippen LogP contribution in [-0.2, 0) is 28.5 Å². The molecule has 0 amide bonds. The summed E-state index contributed by atoms with van der Waals surface area (Å²) >= 11 is 7.51. The molecule has 2 aromatic carbocycles. The van der Waals surface area contributed by atoms with Crippen molar-refractivity contribution in [3.63, 3.8) is 0 Å². The molecule has 0 spiro atoms. The number of carbonyl (C=O) groups excluding carboxylic acids is 2. The Balaban J connectivity index is 1.45. The van der Waals surface area contributed by atoms with Crippen LogP contribution in [0, 0.1) is 27.7 Å². The maximum Gasteiger partial charge on any atom is 0.330 e. The van der Waals surface area contributed by atoms with Crippen LogP contribution in [0.25, 0.3) is 11.1 Å². The third-order valence-corrected chi connectivity index (χ3v) is 13.5. The molecule has 2 saturated heterocycles. The van der Waals surface area contributed by atoms with Gasteiger partial charge in [0.15, 0.2) is 12.2 Å².